The third kappa shape index (κ3) is 6.23. The normalized spacial score (nSPS) is 10.9. The summed E-state index contributed by atoms with van der Waals surface area (Å²) in [6.07, 6.45) is 4.08. The van der Waals surface area contributed by atoms with E-state index >= 15 is 0 Å². The average molecular weight is 427 g/mol. The van der Waals surface area contributed by atoms with E-state index in [9.17, 15) is 0 Å². The summed E-state index contributed by atoms with van der Waals surface area (Å²) in [5, 5.41) is 0. The second kappa shape index (κ2) is 5.47. The summed E-state index contributed by atoms with van der Waals surface area (Å²) >= 11 is 3.59. The zero-order valence-electron chi connectivity index (χ0n) is 5.24. The Bertz CT molecular complexity index is 97.6. The fraction of sp³-hybridized carbons (Fsp3) is 0.333. The Morgan fingerprint density at radius 2 is 1.44 bits per heavy atom. The van der Waals surface area contributed by atoms with Gasteiger partial charge in [-0.15, -0.1) is 0 Å². The van der Waals surface area contributed by atoms with Crippen molar-refractivity contribution >= 4 is 36.1 Å². The van der Waals surface area contributed by atoms with Crippen molar-refractivity contribution in [1.29, 1.82) is 0 Å². The predicted molar refractivity (Wildman–Crippen MR) is 58.0 cm³/mol. The molecule has 0 saturated heterocycles. The van der Waals surface area contributed by atoms with E-state index < -0.39 is 11.9 Å². The Morgan fingerprint density at radius 3 is 1.67 bits per heavy atom. The second-order valence-electron chi connectivity index (χ2n) is 1.84. The van der Waals surface area contributed by atoms with Crippen molar-refractivity contribution in [3.63, 3.8) is 0 Å². The van der Waals surface area contributed by atoms with E-state index in [1.54, 1.807) is 0 Å². The van der Waals surface area contributed by atoms with E-state index in [2.05, 4.69) is 49.2 Å². The molecule has 3 heteroatoms. The zero-order chi connectivity index (χ0) is 7.33. The van der Waals surface area contributed by atoms with E-state index in [1.807, 2.05) is 12.2 Å². The molecular weight excluding hydrogens is 417 g/mol. The van der Waals surface area contributed by atoms with Gasteiger partial charge in [-0.2, -0.15) is 0 Å². The van der Waals surface area contributed by atoms with Gasteiger partial charge in [-0.1, -0.05) is 0 Å². The predicted octanol–water partition coefficient (Wildman–Crippen LogP) is 4.05. The van der Waals surface area contributed by atoms with Gasteiger partial charge in [-0.3, -0.25) is 0 Å². The molecule has 0 aromatic rings. The Labute approximate surface area is 80.0 Å². The van der Waals surface area contributed by atoms with Gasteiger partial charge in [0.05, 0.1) is 0 Å². The van der Waals surface area contributed by atoms with Crippen LogP contribution in [0.15, 0.2) is 25.3 Å². The first-order valence-corrected chi connectivity index (χ1v) is 20.8. The monoisotopic (exact) mass is 426 g/mol. The molecule has 0 N–H and O–H groups in total. The summed E-state index contributed by atoms with van der Waals surface area (Å²) in [6, 6.07) is 0. The Balaban J connectivity index is 3.68. The van der Waals surface area contributed by atoms with Crippen molar-refractivity contribution in [1.82, 2.24) is 0 Å². The van der Waals surface area contributed by atoms with E-state index in [-0.39, 0.29) is 0 Å². The standard InChI is InChI=1S/2C3H5.2HI.Zr/c2*1-3-2;;;/h2*3H,1-2H2;2*1H;/q;;;;+2/p-2. The first-order chi connectivity index (χ1) is 4.12. The first-order valence-electron chi connectivity index (χ1n) is 2.72. The third-order valence-corrected chi connectivity index (χ3v) is 15.7. The topological polar surface area (TPSA) is 0 Å². The molecule has 0 aromatic carbocycles. The summed E-state index contributed by atoms with van der Waals surface area (Å²) in [6.45, 7) is 7.47. The van der Waals surface area contributed by atoms with Gasteiger partial charge in [0, 0.05) is 0 Å². The molecule has 0 aliphatic rings. The van der Waals surface area contributed by atoms with Crippen LogP contribution in [0.5, 0.6) is 0 Å². The third-order valence-electron chi connectivity index (χ3n) is 0.886. The molecule has 0 aliphatic heterocycles. The van der Waals surface area contributed by atoms with Crippen molar-refractivity contribution < 1.29 is 11.9 Å². The molecule has 0 atom stereocenters. The van der Waals surface area contributed by atoms with Crippen molar-refractivity contribution in [3.05, 3.63) is 25.3 Å². The van der Waals surface area contributed by atoms with Gasteiger partial charge in [-0.05, 0) is 0 Å². The van der Waals surface area contributed by atoms with Gasteiger partial charge in [0.2, 0.25) is 0 Å². The zero-order valence-corrected chi connectivity index (χ0v) is 12.0. The van der Waals surface area contributed by atoms with Crippen LogP contribution in [0.1, 0.15) is 0 Å². The molecule has 52 valence electrons. The summed E-state index contributed by atoms with van der Waals surface area (Å²) in [5.74, 6) is 0. The summed E-state index contributed by atoms with van der Waals surface area (Å²) in [7, 11) is 0. The van der Waals surface area contributed by atoms with E-state index in [1.165, 1.54) is 8.26 Å². The maximum absolute atomic E-state index is 3.74. The molecule has 0 aliphatic carbocycles. The molecule has 0 radical (unpaired) electrons. The number of rotatable bonds is 4. The fourth-order valence-electron chi connectivity index (χ4n) is 0.506. The number of allylic oxidation sites excluding steroid dienone is 2. The molecule has 0 spiro atoms. The molecule has 0 unspecified atom stereocenters. The van der Waals surface area contributed by atoms with Crippen molar-refractivity contribution in [2.45, 2.75) is 8.26 Å². The van der Waals surface area contributed by atoms with E-state index in [0.29, 0.717) is 0 Å². The molecule has 0 saturated carbocycles. The van der Waals surface area contributed by atoms with Crippen LogP contribution in [0.2, 0.25) is 8.26 Å². The van der Waals surface area contributed by atoms with Crippen LogP contribution in [-0.2, 0) is 11.9 Å². The quantitative estimate of drug-likeness (QED) is 0.470. The van der Waals surface area contributed by atoms with Gasteiger partial charge in [-0.25, -0.2) is 0 Å². The summed E-state index contributed by atoms with van der Waals surface area (Å²) < 4.78 is 2.50. The molecular formula is C6H10I2Zr. The Morgan fingerprint density at radius 1 is 1.11 bits per heavy atom. The van der Waals surface area contributed by atoms with Crippen molar-refractivity contribution in [2.24, 2.45) is 0 Å². The average Bonchev–Trinajstić information content (AvgIpc) is 1.64. The number of hydrogen-bond donors (Lipinski definition) is 0. The van der Waals surface area contributed by atoms with Crippen LogP contribution in [0, 0.1) is 0 Å². The SMILES string of the molecule is C=C[CH2][Zr]([I])([I])[CH2]C=C. The van der Waals surface area contributed by atoms with Crippen LogP contribution in [0.3, 0.4) is 0 Å². The van der Waals surface area contributed by atoms with Gasteiger partial charge < -0.3 is 0 Å². The van der Waals surface area contributed by atoms with Gasteiger partial charge in [0.15, 0.2) is 0 Å². The van der Waals surface area contributed by atoms with Crippen LogP contribution < -0.4 is 0 Å². The molecule has 0 amide bonds. The van der Waals surface area contributed by atoms with E-state index in [0.717, 1.165) is 0 Å². The minimum absolute atomic E-state index is 1.25. The molecule has 0 heterocycles. The summed E-state index contributed by atoms with van der Waals surface area (Å²) in [4.78, 5) is 0. The van der Waals surface area contributed by atoms with Crippen molar-refractivity contribution in [2.75, 3.05) is 0 Å². The maximum atomic E-state index is 3.74. The molecule has 0 nitrogen and oxygen atoms in total. The van der Waals surface area contributed by atoms with Crippen LogP contribution in [-0.4, -0.2) is 0 Å². The molecule has 0 aromatic heterocycles. The Kier molecular flexibility index (Phi) is 6.58. The minimum atomic E-state index is -1.67. The van der Waals surface area contributed by atoms with Gasteiger partial charge >= 0.3 is 81.5 Å². The van der Waals surface area contributed by atoms with Gasteiger partial charge in [0.1, 0.15) is 0 Å². The van der Waals surface area contributed by atoms with E-state index in [4.69, 9.17) is 0 Å². The molecule has 0 bridgehead atoms. The first kappa shape index (κ1) is 10.8. The fourth-order valence-corrected chi connectivity index (χ4v) is 10.4. The van der Waals surface area contributed by atoms with Crippen LogP contribution in [0.25, 0.3) is 0 Å². The van der Waals surface area contributed by atoms with Crippen LogP contribution >= 0.6 is 36.1 Å². The molecule has 9 heavy (non-hydrogen) atoms. The Hall–Kier alpha value is 1.82. The summed E-state index contributed by atoms with van der Waals surface area (Å²) in [5.41, 5.74) is 0. The van der Waals surface area contributed by atoms with Gasteiger partial charge in [0.25, 0.3) is 0 Å². The van der Waals surface area contributed by atoms with Crippen LogP contribution in [0.4, 0.5) is 0 Å². The number of hydrogen-bond acceptors (Lipinski definition) is 0. The van der Waals surface area contributed by atoms with Crippen molar-refractivity contribution in [3.8, 4) is 0 Å². The molecule has 0 rings (SSSR count). The molecule has 0 fully saturated rings. The second-order valence-corrected chi connectivity index (χ2v) is 44.7. The number of halogens is 2.